The van der Waals surface area contributed by atoms with Gasteiger partial charge >= 0.3 is 0 Å². The van der Waals surface area contributed by atoms with Gasteiger partial charge in [-0.15, -0.1) is 11.3 Å². The van der Waals surface area contributed by atoms with Crippen LogP contribution in [0.25, 0.3) is 10.1 Å². The maximum absolute atomic E-state index is 14.1. The number of anilines is 1. The quantitative estimate of drug-likeness (QED) is 0.527. The molecule has 8 heteroatoms. The molecule has 0 saturated heterocycles. The molecule has 1 aromatic heterocycles. The van der Waals surface area contributed by atoms with Crippen molar-refractivity contribution >= 4 is 33.0 Å². The molecule has 0 unspecified atom stereocenters. The Morgan fingerprint density at radius 2 is 1.84 bits per heavy atom. The van der Waals surface area contributed by atoms with Crippen LogP contribution < -0.4 is 5.32 Å². The van der Waals surface area contributed by atoms with E-state index in [9.17, 15) is 22.4 Å². The Bertz CT molecular complexity index is 971. The van der Waals surface area contributed by atoms with Gasteiger partial charge in [0.2, 0.25) is 0 Å². The molecule has 1 heterocycles. The first-order valence-electron chi connectivity index (χ1n) is 7.07. The molecule has 0 radical (unpaired) electrons. The predicted octanol–water partition coefficient (Wildman–Crippen LogP) is 4.86. The molecule has 0 aliphatic carbocycles. The number of amides is 1. The van der Waals surface area contributed by atoms with Gasteiger partial charge in [-0.3, -0.25) is 4.79 Å². The molecule has 3 nitrogen and oxygen atoms in total. The Morgan fingerprint density at radius 1 is 1.08 bits per heavy atom. The molecular formula is C17H11F4NO2S. The zero-order valence-electron chi connectivity index (χ0n) is 12.8. The van der Waals surface area contributed by atoms with Crippen molar-refractivity contribution in [3.63, 3.8) is 0 Å². The third-order valence-electron chi connectivity index (χ3n) is 3.54. The molecule has 25 heavy (non-hydrogen) atoms. The Labute approximate surface area is 143 Å². The molecule has 3 aromatic rings. The highest BCUT2D eigenvalue weighted by molar-refractivity contribution is 7.21. The molecule has 0 saturated carbocycles. The normalized spacial score (nSPS) is 11.1. The first kappa shape index (κ1) is 17.4. The lowest BCUT2D eigenvalue weighted by Gasteiger charge is -2.08. The number of ether oxygens (including phenoxy) is 1. The molecule has 0 atom stereocenters. The van der Waals surface area contributed by atoms with Crippen LogP contribution in [0.3, 0.4) is 0 Å². The number of rotatable bonds is 4. The SMILES string of the molecule is COCc1c(C(=O)Nc2ccc(F)c(F)c2F)sc2cccc(F)c12. The summed E-state index contributed by atoms with van der Waals surface area (Å²) in [5.41, 5.74) is -0.203. The van der Waals surface area contributed by atoms with E-state index in [1.807, 2.05) is 0 Å². The number of nitrogens with one attached hydrogen (secondary N) is 1. The first-order valence-corrected chi connectivity index (χ1v) is 7.89. The van der Waals surface area contributed by atoms with Crippen molar-refractivity contribution in [1.82, 2.24) is 0 Å². The van der Waals surface area contributed by atoms with Gasteiger partial charge in [0.25, 0.3) is 5.91 Å². The lowest BCUT2D eigenvalue weighted by Crippen LogP contribution is -2.14. The van der Waals surface area contributed by atoms with Gasteiger partial charge in [-0.2, -0.15) is 0 Å². The number of hydrogen-bond acceptors (Lipinski definition) is 3. The lowest BCUT2D eigenvalue weighted by molar-refractivity contribution is 0.102. The fourth-order valence-electron chi connectivity index (χ4n) is 2.43. The van der Waals surface area contributed by atoms with Crippen LogP contribution in [0.5, 0.6) is 0 Å². The number of halogens is 4. The van der Waals surface area contributed by atoms with Crippen LogP contribution in [0.15, 0.2) is 30.3 Å². The number of fused-ring (bicyclic) bond motifs is 1. The summed E-state index contributed by atoms with van der Waals surface area (Å²) in [6, 6.07) is 6.01. The van der Waals surface area contributed by atoms with Crippen molar-refractivity contribution in [2.24, 2.45) is 0 Å². The van der Waals surface area contributed by atoms with Crippen molar-refractivity contribution < 1.29 is 27.1 Å². The molecule has 2 aromatic carbocycles. The molecule has 0 bridgehead atoms. The standard InChI is InChI=1S/C17H11F4NO2S/c1-24-7-8-13-9(18)3-2-4-12(13)25-16(8)17(23)22-11-6-5-10(19)14(20)15(11)21/h2-6H,7H2,1H3,(H,22,23). The van der Waals surface area contributed by atoms with Crippen LogP contribution in [-0.4, -0.2) is 13.0 Å². The average Bonchev–Trinajstić information content (AvgIpc) is 2.96. The third kappa shape index (κ3) is 3.10. The number of thiophene rings is 1. The number of benzene rings is 2. The van der Waals surface area contributed by atoms with Gasteiger partial charge in [0.1, 0.15) is 5.82 Å². The van der Waals surface area contributed by atoms with Gasteiger partial charge in [0, 0.05) is 22.8 Å². The van der Waals surface area contributed by atoms with Crippen LogP contribution in [0.1, 0.15) is 15.2 Å². The number of carbonyl (C=O) groups is 1. The Hall–Kier alpha value is -2.45. The van der Waals surface area contributed by atoms with Crippen LogP contribution in [0.2, 0.25) is 0 Å². The number of hydrogen-bond donors (Lipinski definition) is 1. The highest BCUT2D eigenvalue weighted by Gasteiger charge is 2.22. The van der Waals surface area contributed by atoms with E-state index in [2.05, 4.69) is 5.32 Å². The van der Waals surface area contributed by atoms with E-state index in [1.54, 1.807) is 6.07 Å². The second-order valence-electron chi connectivity index (χ2n) is 5.13. The first-order chi connectivity index (χ1) is 11.9. The molecule has 1 N–H and O–H groups in total. The summed E-state index contributed by atoms with van der Waals surface area (Å²) >= 11 is 0.996. The van der Waals surface area contributed by atoms with Crippen LogP contribution in [0, 0.1) is 23.3 Å². The molecule has 0 aliphatic rings. The molecule has 0 fully saturated rings. The second kappa shape index (κ2) is 6.81. The van der Waals surface area contributed by atoms with E-state index in [0.29, 0.717) is 16.3 Å². The van der Waals surface area contributed by atoms with Gasteiger partial charge < -0.3 is 10.1 Å². The largest absolute Gasteiger partial charge is 0.380 e. The molecule has 1 amide bonds. The molecule has 3 rings (SSSR count). The number of methoxy groups -OCH3 is 1. The minimum Gasteiger partial charge on any atom is -0.380 e. The van der Waals surface area contributed by atoms with E-state index in [-0.39, 0.29) is 16.9 Å². The fourth-order valence-corrected chi connectivity index (χ4v) is 3.55. The van der Waals surface area contributed by atoms with Gasteiger partial charge in [-0.1, -0.05) is 6.07 Å². The topological polar surface area (TPSA) is 38.3 Å². The minimum atomic E-state index is -1.68. The van der Waals surface area contributed by atoms with Crippen molar-refractivity contribution in [3.8, 4) is 0 Å². The van der Waals surface area contributed by atoms with Gasteiger partial charge in [-0.25, -0.2) is 17.6 Å². The molecular weight excluding hydrogens is 358 g/mol. The Kier molecular flexibility index (Phi) is 4.73. The van der Waals surface area contributed by atoms with Crippen LogP contribution in [-0.2, 0) is 11.3 Å². The maximum Gasteiger partial charge on any atom is 0.266 e. The molecule has 130 valence electrons. The van der Waals surface area contributed by atoms with Crippen molar-refractivity contribution in [1.29, 1.82) is 0 Å². The zero-order chi connectivity index (χ0) is 18.1. The van der Waals surface area contributed by atoms with E-state index < -0.39 is 34.9 Å². The summed E-state index contributed by atoms with van der Waals surface area (Å²) < 4.78 is 59.7. The molecule has 0 spiro atoms. The van der Waals surface area contributed by atoms with Crippen molar-refractivity contribution in [2.75, 3.05) is 12.4 Å². The number of carbonyl (C=O) groups excluding carboxylic acids is 1. The van der Waals surface area contributed by atoms with Crippen molar-refractivity contribution in [2.45, 2.75) is 6.61 Å². The molecule has 0 aliphatic heterocycles. The van der Waals surface area contributed by atoms with E-state index in [4.69, 9.17) is 4.74 Å². The van der Waals surface area contributed by atoms with Crippen LogP contribution >= 0.6 is 11.3 Å². The Balaban J connectivity index is 2.04. The van der Waals surface area contributed by atoms with E-state index in [0.717, 1.165) is 17.4 Å². The maximum atomic E-state index is 14.1. The monoisotopic (exact) mass is 369 g/mol. The van der Waals surface area contributed by atoms with Gasteiger partial charge in [0.15, 0.2) is 17.5 Å². The summed E-state index contributed by atoms with van der Waals surface area (Å²) in [6.07, 6.45) is 0. The third-order valence-corrected chi connectivity index (χ3v) is 4.74. The smallest absolute Gasteiger partial charge is 0.266 e. The highest BCUT2D eigenvalue weighted by Crippen LogP contribution is 2.34. The van der Waals surface area contributed by atoms with Crippen molar-refractivity contribution in [3.05, 3.63) is 64.0 Å². The van der Waals surface area contributed by atoms with Gasteiger partial charge in [-0.05, 0) is 24.3 Å². The summed E-state index contributed by atoms with van der Waals surface area (Å²) in [5.74, 6) is -5.83. The summed E-state index contributed by atoms with van der Waals surface area (Å²) in [5, 5.41) is 2.43. The second-order valence-corrected chi connectivity index (χ2v) is 6.18. The lowest BCUT2D eigenvalue weighted by atomic mass is 10.1. The predicted molar refractivity (Wildman–Crippen MR) is 86.8 cm³/mol. The fraction of sp³-hybridized carbons (Fsp3) is 0.118. The Morgan fingerprint density at radius 3 is 2.56 bits per heavy atom. The van der Waals surface area contributed by atoms with Gasteiger partial charge in [0.05, 0.1) is 17.2 Å². The van der Waals surface area contributed by atoms with E-state index in [1.165, 1.54) is 19.2 Å². The summed E-state index contributed by atoms with van der Waals surface area (Å²) in [6.45, 7) is -0.0378. The minimum absolute atomic E-state index is 0.0378. The highest BCUT2D eigenvalue weighted by atomic mass is 32.1. The average molecular weight is 369 g/mol. The summed E-state index contributed by atoms with van der Waals surface area (Å²) in [7, 11) is 1.39. The zero-order valence-corrected chi connectivity index (χ0v) is 13.6. The van der Waals surface area contributed by atoms with E-state index >= 15 is 0 Å². The summed E-state index contributed by atoms with van der Waals surface area (Å²) in [4.78, 5) is 12.6. The van der Waals surface area contributed by atoms with Crippen LogP contribution in [0.4, 0.5) is 23.2 Å².